The minimum absolute atomic E-state index is 0. The van der Waals surface area contributed by atoms with Gasteiger partial charge in [-0.15, -0.1) is 12.4 Å². The van der Waals surface area contributed by atoms with Gasteiger partial charge >= 0.3 is 0 Å². The van der Waals surface area contributed by atoms with E-state index in [9.17, 15) is 9.18 Å². The summed E-state index contributed by atoms with van der Waals surface area (Å²) in [5.41, 5.74) is 1.97. The summed E-state index contributed by atoms with van der Waals surface area (Å²) in [5.74, 6) is -0.222. The van der Waals surface area contributed by atoms with Crippen molar-refractivity contribution in [3.05, 3.63) is 35.1 Å². The number of carbonyl (C=O) groups is 1. The fourth-order valence-corrected chi connectivity index (χ4v) is 2.47. The number of halogens is 2. The van der Waals surface area contributed by atoms with Crippen molar-refractivity contribution < 1.29 is 13.9 Å². The molecule has 0 saturated carbocycles. The van der Waals surface area contributed by atoms with Crippen molar-refractivity contribution in [2.45, 2.75) is 31.9 Å². The Balaban J connectivity index is 0.00000220. The second kappa shape index (κ2) is 8.32. The van der Waals surface area contributed by atoms with E-state index in [-0.39, 0.29) is 36.3 Å². The van der Waals surface area contributed by atoms with Gasteiger partial charge in [0.05, 0.1) is 12.1 Å². The predicted octanol–water partition coefficient (Wildman–Crippen LogP) is 1.59. The molecule has 2 atom stereocenters. The Morgan fingerprint density at radius 2 is 2.29 bits per heavy atom. The highest BCUT2D eigenvalue weighted by Gasteiger charge is 2.28. The number of ether oxygens (including phenoxy) is 1. The van der Waals surface area contributed by atoms with Crippen molar-refractivity contribution in [1.29, 1.82) is 0 Å². The van der Waals surface area contributed by atoms with Crippen LogP contribution in [0.4, 0.5) is 4.39 Å². The molecular weight excluding hydrogens is 295 g/mol. The van der Waals surface area contributed by atoms with E-state index in [1.807, 2.05) is 6.92 Å². The van der Waals surface area contributed by atoms with Crippen LogP contribution in [-0.4, -0.2) is 38.3 Å². The summed E-state index contributed by atoms with van der Waals surface area (Å²) in [6.07, 6.45) is 1.53. The second-order valence-electron chi connectivity index (χ2n) is 5.17. The molecule has 1 aromatic rings. The number of benzene rings is 1. The number of carbonyl (C=O) groups excluding carboxylic acids is 1. The van der Waals surface area contributed by atoms with E-state index in [0.29, 0.717) is 25.9 Å². The van der Waals surface area contributed by atoms with Gasteiger partial charge in [0, 0.05) is 20.2 Å². The summed E-state index contributed by atoms with van der Waals surface area (Å²) in [7, 11) is 1.66. The average molecular weight is 317 g/mol. The van der Waals surface area contributed by atoms with E-state index >= 15 is 0 Å². The lowest BCUT2D eigenvalue weighted by atomic mass is 10.1. The first-order valence-corrected chi connectivity index (χ1v) is 6.89. The lowest BCUT2D eigenvalue weighted by Crippen LogP contribution is -2.41. The van der Waals surface area contributed by atoms with Crippen molar-refractivity contribution >= 4 is 18.3 Å². The van der Waals surface area contributed by atoms with Gasteiger partial charge < -0.3 is 15.4 Å². The summed E-state index contributed by atoms with van der Waals surface area (Å²) in [6.45, 7) is 3.15. The zero-order valence-corrected chi connectivity index (χ0v) is 13.1. The summed E-state index contributed by atoms with van der Waals surface area (Å²) in [6, 6.07) is 4.56. The molecule has 1 saturated heterocycles. The van der Waals surface area contributed by atoms with E-state index in [0.717, 1.165) is 11.1 Å². The summed E-state index contributed by atoms with van der Waals surface area (Å²) in [5, 5.41) is 6.05. The van der Waals surface area contributed by atoms with Gasteiger partial charge in [0.15, 0.2) is 0 Å². The normalized spacial score (nSPS) is 20.9. The monoisotopic (exact) mass is 316 g/mol. The minimum Gasteiger partial charge on any atom is -0.380 e. The fraction of sp³-hybridized carbons (Fsp3) is 0.533. The maximum atomic E-state index is 13.0. The van der Waals surface area contributed by atoms with Crippen LogP contribution < -0.4 is 10.6 Å². The average Bonchev–Trinajstić information content (AvgIpc) is 2.90. The number of hydrogen-bond acceptors (Lipinski definition) is 3. The number of rotatable bonds is 5. The number of amides is 1. The molecule has 0 spiro atoms. The first-order chi connectivity index (χ1) is 9.60. The molecule has 1 amide bonds. The van der Waals surface area contributed by atoms with Crippen LogP contribution in [0.3, 0.4) is 0 Å². The van der Waals surface area contributed by atoms with E-state index < -0.39 is 0 Å². The molecular formula is C15H22ClFN2O2. The molecule has 1 aliphatic rings. The maximum Gasteiger partial charge on any atom is 0.237 e. The lowest BCUT2D eigenvalue weighted by molar-refractivity contribution is -0.122. The zero-order chi connectivity index (χ0) is 14.5. The first-order valence-electron chi connectivity index (χ1n) is 6.89. The number of nitrogens with one attached hydrogen (secondary N) is 2. The second-order valence-corrected chi connectivity index (χ2v) is 5.17. The van der Waals surface area contributed by atoms with Crippen molar-refractivity contribution in [1.82, 2.24) is 10.6 Å². The van der Waals surface area contributed by atoms with Crippen LogP contribution >= 0.6 is 12.4 Å². The molecule has 4 nitrogen and oxygen atoms in total. The molecule has 0 radical (unpaired) electrons. The number of aryl methyl sites for hydroxylation is 1. The molecule has 2 rings (SSSR count). The summed E-state index contributed by atoms with van der Waals surface area (Å²) in [4.78, 5) is 11.9. The smallest absolute Gasteiger partial charge is 0.237 e. The standard InChI is InChI=1S/C15H21FN2O2.ClH/c1-10-7-12(16)4-3-11(10)5-6-17-15(19)14-8-13(20-2)9-18-14;/h3-4,7,13-14,18H,5-6,8-9H2,1-2H3,(H,17,19);1H/t13-,14-;/m0./s1. The van der Waals surface area contributed by atoms with E-state index in [1.54, 1.807) is 13.2 Å². The van der Waals surface area contributed by atoms with Crippen molar-refractivity contribution in [3.63, 3.8) is 0 Å². The molecule has 0 bridgehead atoms. The topological polar surface area (TPSA) is 50.4 Å². The molecule has 6 heteroatoms. The highest BCUT2D eigenvalue weighted by molar-refractivity contribution is 5.85. The molecule has 21 heavy (non-hydrogen) atoms. The molecule has 1 heterocycles. The van der Waals surface area contributed by atoms with E-state index in [1.165, 1.54) is 12.1 Å². The van der Waals surface area contributed by atoms with Gasteiger partial charge in [-0.25, -0.2) is 4.39 Å². The molecule has 2 N–H and O–H groups in total. The third kappa shape index (κ3) is 4.95. The Kier molecular flexibility index (Phi) is 7.08. The molecule has 0 aliphatic carbocycles. The van der Waals surface area contributed by atoms with Gasteiger partial charge in [0.2, 0.25) is 5.91 Å². The van der Waals surface area contributed by atoms with Crippen molar-refractivity contribution in [2.24, 2.45) is 0 Å². The van der Waals surface area contributed by atoms with Gasteiger partial charge in [0.1, 0.15) is 5.82 Å². The summed E-state index contributed by atoms with van der Waals surface area (Å²) < 4.78 is 18.2. The molecule has 1 aliphatic heterocycles. The minimum atomic E-state index is -0.226. The third-order valence-corrected chi connectivity index (χ3v) is 3.74. The Morgan fingerprint density at radius 3 is 2.90 bits per heavy atom. The zero-order valence-electron chi connectivity index (χ0n) is 12.3. The summed E-state index contributed by atoms with van der Waals surface area (Å²) >= 11 is 0. The molecule has 1 fully saturated rings. The number of hydrogen-bond donors (Lipinski definition) is 2. The Labute approximate surface area is 130 Å². The molecule has 118 valence electrons. The lowest BCUT2D eigenvalue weighted by Gasteiger charge is -2.12. The van der Waals surface area contributed by atoms with Crippen molar-refractivity contribution in [3.8, 4) is 0 Å². The Hall–Kier alpha value is -1.17. The van der Waals surface area contributed by atoms with Gasteiger partial charge in [-0.3, -0.25) is 4.79 Å². The Bertz CT molecular complexity index is 485. The highest BCUT2D eigenvalue weighted by Crippen LogP contribution is 2.11. The molecule has 1 aromatic carbocycles. The fourth-order valence-electron chi connectivity index (χ4n) is 2.47. The predicted molar refractivity (Wildman–Crippen MR) is 82.3 cm³/mol. The van der Waals surface area contributed by atoms with Crippen LogP contribution in [0.25, 0.3) is 0 Å². The van der Waals surface area contributed by atoms with Crippen LogP contribution in [0, 0.1) is 12.7 Å². The van der Waals surface area contributed by atoms with Crippen LogP contribution in [0.1, 0.15) is 17.5 Å². The quantitative estimate of drug-likeness (QED) is 0.867. The van der Waals surface area contributed by atoms with Crippen LogP contribution in [0.15, 0.2) is 18.2 Å². The van der Waals surface area contributed by atoms with Crippen LogP contribution in [-0.2, 0) is 16.0 Å². The molecule has 0 unspecified atom stereocenters. The first kappa shape index (κ1) is 17.9. The van der Waals surface area contributed by atoms with E-state index in [4.69, 9.17) is 4.74 Å². The van der Waals surface area contributed by atoms with Gasteiger partial charge in [-0.1, -0.05) is 6.07 Å². The van der Waals surface area contributed by atoms with Crippen molar-refractivity contribution in [2.75, 3.05) is 20.2 Å². The van der Waals surface area contributed by atoms with Crippen LogP contribution in [0.5, 0.6) is 0 Å². The highest BCUT2D eigenvalue weighted by atomic mass is 35.5. The SMILES string of the molecule is CO[C@@H]1CN[C@H](C(=O)NCCc2ccc(F)cc2C)C1.Cl. The van der Waals surface area contributed by atoms with Gasteiger partial charge in [0.25, 0.3) is 0 Å². The van der Waals surface area contributed by atoms with Crippen LogP contribution in [0.2, 0.25) is 0 Å². The number of methoxy groups -OCH3 is 1. The molecule has 0 aromatic heterocycles. The van der Waals surface area contributed by atoms with E-state index in [2.05, 4.69) is 10.6 Å². The Morgan fingerprint density at radius 1 is 1.52 bits per heavy atom. The van der Waals surface area contributed by atoms with Gasteiger partial charge in [-0.2, -0.15) is 0 Å². The third-order valence-electron chi connectivity index (χ3n) is 3.74. The van der Waals surface area contributed by atoms with Gasteiger partial charge in [-0.05, 0) is 43.0 Å². The maximum absolute atomic E-state index is 13.0. The largest absolute Gasteiger partial charge is 0.380 e.